The van der Waals surface area contributed by atoms with Crippen LogP contribution in [0, 0.1) is 9.39 Å². The van der Waals surface area contributed by atoms with Gasteiger partial charge < -0.3 is 15.5 Å². The van der Waals surface area contributed by atoms with E-state index in [1.807, 2.05) is 32.3 Å². The molecule has 1 saturated carbocycles. The van der Waals surface area contributed by atoms with Gasteiger partial charge in [-0.05, 0) is 97.4 Å². The molecule has 202 valence electrons. The van der Waals surface area contributed by atoms with Crippen LogP contribution >= 0.6 is 22.6 Å². The molecule has 0 saturated heterocycles. The minimum Gasteiger partial charge on any atom is -0.334 e. The molecular weight excluding hydrogens is 611 g/mol. The van der Waals surface area contributed by atoms with E-state index in [1.165, 1.54) is 0 Å². The smallest absolute Gasteiger partial charge is 0.334 e. The number of halogens is 5. The summed E-state index contributed by atoms with van der Waals surface area (Å²) in [6.07, 6.45) is -0.511. The van der Waals surface area contributed by atoms with Gasteiger partial charge in [-0.1, -0.05) is 30.3 Å². The Kier molecular flexibility index (Phi) is 8.61. The van der Waals surface area contributed by atoms with Gasteiger partial charge in [-0.3, -0.25) is 4.98 Å². The summed E-state index contributed by atoms with van der Waals surface area (Å²) in [6, 6.07) is 14.3. The molecule has 1 heterocycles. The quantitative estimate of drug-likeness (QED) is 0.242. The lowest BCUT2D eigenvalue weighted by atomic mass is 9.79. The third-order valence-corrected chi connectivity index (χ3v) is 7.62. The van der Waals surface area contributed by atoms with E-state index < -0.39 is 29.1 Å². The summed E-state index contributed by atoms with van der Waals surface area (Å²) >= 11 is 2.08. The number of rotatable bonds is 7. The lowest BCUT2D eigenvalue weighted by Crippen LogP contribution is -2.56. The first-order chi connectivity index (χ1) is 18.0. The van der Waals surface area contributed by atoms with Crippen LogP contribution < -0.4 is 10.6 Å². The number of amides is 2. The third-order valence-electron chi connectivity index (χ3n) is 6.98. The normalized spacial score (nSPS) is 19.3. The van der Waals surface area contributed by atoms with Gasteiger partial charge in [-0.2, -0.15) is 13.2 Å². The first-order valence-corrected chi connectivity index (χ1v) is 13.3. The molecule has 0 bridgehead atoms. The van der Waals surface area contributed by atoms with E-state index in [0.717, 1.165) is 40.5 Å². The molecule has 1 aromatic heterocycles. The lowest BCUT2D eigenvalue weighted by molar-refractivity contribution is -0.137. The van der Waals surface area contributed by atoms with Crippen LogP contribution in [-0.2, 0) is 18.1 Å². The first-order valence-electron chi connectivity index (χ1n) is 12.3. The summed E-state index contributed by atoms with van der Waals surface area (Å²) in [5, 5.41) is 5.98. The molecule has 1 aliphatic carbocycles. The van der Waals surface area contributed by atoms with Crippen molar-refractivity contribution >= 4 is 28.6 Å². The van der Waals surface area contributed by atoms with Gasteiger partial charge in [-0.15, -0.1) is 0 Å². The number of carbonyl (C=O) groups is 1. The Bertz CT molecular complexity index is 1250. The second-order valence-corrected chi connectivity index (χ2v) is 11.1. The molecule has 1 fully saturated rings. The van der Waals surface area contributed by atoms with E-state index in [-0.39, 0.29) is 24.1 Å². The van der Waals surface area contributed by atoms with Crippen LogP contribution in [0.15, 0.2) is 66.9 Å². The highest BCUT2D eigenvalue weighted by Crippen LogP contribution is 2.38. The van der Waals surface area contributed by atoms with E-state index in [0.29, 0.717) is 11.8 Å². The summed E-state index contributed by atoms with van der Waals surface area (Å²) < 4.78 is 56.9. The average Bonchev–Trinajstić information content (AvgIpc) is 3.32. The van der Waals surface area contributed by atoms with Gasteiger partial charge in [0.05, 0.1) is 11.3 Å². The fourth-order valence-corrected chi connectivity index (χ4v) is 5.50. The predicted molar refractivity (Wildman–Crippen MR) is 146 cm³/mol. The number of hydrogen-bond donors (Lipinski definition) is 2. The number of pyridine rings is 1. The highest BCUT2D eigenvalue weighted by molar-refractivity contribution is 14.1. The molecule has 38 heavy (non-hydrogen) atoms. The zero-order valence-corrected chi connectivity index (χ0v) is 23.2. The Morgan fingerprint density at radius 2 is 1.76 bits per heavy atom. The molecule has 1 aliphatic rings. The lowest BCUT2D eigenvalue weighted by Gasteiger charge is -2.37. The van der Waals surface area contributed by atoms with Gasteiger partial charge in [0.1, 0.15) is 11.4 Å². The summed E-state index contributed by atoms with van der Waals surface area (Å²) in [5.41, 5.74) is -1.75. The summed E-state index contributed by atoms with van der Waals surface area (Å²) in [7, 11) is 3.90. The number of carbonyl (C=O) groups excluding carboxylic acids is 1. The highest BCUT2D eigenvalue weighted by atomic mass is 127. The maximum absolute atomic E-state index is 14.8. The van der Waals surface area contributed by atoms with Crippen molar-refractivity contribution in [3.05, 3.63) is 98.6 Å². The van der Waals surface area contributed by atoms with E-state index in [4.69, 9.17) is 0 Å². The van der Waals surface area contributed by atoms with Crippen LogP contribution in [0.2, 0.25) is 0 Å². The largest absolute Gasteiger partial charge is 0.416 e. The zero-order chi connectivity index (χ0) is 27.5. The number of hydrogen-bond acceptors (Lipinski definition) is 3. The number of benzene rings is 2. The Hall–Kier alpha value is -2.73. The highest BCUT2D eigenvalue weighted by Gasteiger charge is 2.42. The van der Waals surface area contributed by atoms with Crippen molar-refractivity contribution in [1.82, 2.24) is 20.5 Å². The van der Waals surface area contributed by atoms with Crippen LogP contribution in [0.25, 0.3) is 0 Å². The van der Waals surface area contributed by atoms with Crippen molar-refractivity contribution in [3.63, 3.8) is 0 Å². The van der Waals surface area contributed by atoms with Gasteiger partial charge in [0.25, 0.3) is 0 Å². The van der Waals surface area contributed by atoms with Crippen LogP contribution in [0.3, 0.4) is 0 Å². The molecule has 2 N–H and O–H groups in total. The van der Waals surface area contributed by atoms with Gasteiger partial charge in [0.2, 0.25) is 0 Å². The number of alkyl halides is 3. The van der Waals surface area contributed by atoms with Crippen LogP contribution in [0.1, 0.15) is 41.6 Å². The molecule has 2 aromatic carbocycles. The topological polar surface area (TPSA) is 57.3 Å². The van der Waals surface area contributed by atoms with E-state index in [2.05, 4.69) is 43.1 Å². The first kappa shape index (κ1) is 28.3. The standard InChI is InChI=1S/C28H29F4IN4O/c1-37(2)24-10-6-9-23(24)35-26(38)36-27(16-18-7-4-3-5-8-18,25-12-11-22(33)17-34-25)19-13-20(28(30,31)32)15-21(29)14-19/h3-5,7-8,11-15,17,23-24H,6,9-10,16H2,1-2H3,(H2,35,36,38)/t23-,24-,27+/m1/s1. The molecule has 0 spiro atoms. The predicted octanol–water partition coefficient (Wildman–Crippen LogP) is 6.11. The van der Waals surface area contributed by atoms with Crippen LogP contribution in [-0.4, -0.2) is 42.1 Å². The fraction of sp³-hybridized carbons (Fsp3) is 0.357. The van der Waals surface area contributed by atoms with Crippen LogP contribution in [0.5, 0.6) is 0 Å². The zero-order valence-electron chi connectivity index (χ0n) is 21.0. The van der Waals surface area contributed by atoms with Crippen molar-refractivity contribution in [2.45, 2.75) is 49.5 Å². The maximum Gasteiger partial charge on any atom is 0.416 e. The number of nitrogens with zero attached hydrogens (tertiary/aromatic N) is 2. The van der Waals surface area contributed by atoms with E-state index in [9.17, 15) is 22.4 Å². The molecule has 10 heteroatoms. The Labute approximate surface area is 233 Å². The SMILES string of the molecule is CN(C)[C@@H]1CCC[C@H]1NC(=O)N[C@@](Cc1ccccc1)(c1cc(F)cc(C(F)(F)F)c1)c1ccc(I)cn1. The minimum absolute atomic E-state index is 0.0480. The van der Waals surface area contributed by atoms with Crippen molar-refractivity contribution in [2.24, 2.45) is 0 Å². The molecule has 3 atom stereocenters. The molecule has 0 radical (unpaired) electrons. The second-order valence-electron chi connectivity index (χ2n) is 9.82. The number of nitrogens with one attached hydrogen (secondary N) is 2. The second kappa shape index (κ2) is 11.6. The molecule has 5 nitrogen and oxygen atoms in total. The van der Waals surface area contributed by atoms with Gasteiger partial charge in [0.15, 0.2) is 0 Å². The molecule has 2 amide bonds. The van der Waals surface area contributed by atoms with Crippen molar-refractivity contribution in [2.75, 3.05) is 14.1 Å². The number of likely N-dealkylation sites (N-methyl/N-ethyl adjacent to an activating group) is 1. The Morgan fingerprint density at radius 3 is 2.39 bits per heavy atom. The van der Waals surface area contributed by atoms with E-state index >= 15 is 0 Å². The van der Waals surface area contributed by atoms with Gasteiger partial charge >= 0.3 is 12.2 Å². The number of urea groups is 1. The molecule has 3 aromatic rings. The van der Waals surface area contributed by atoms with Crippen molar-refractivity contribution in [3.8, 4) is 0 Å². The maximum atomic E-state index is 14.8. The number of aromatic nitrogens is 1. The summed E-state index contributed by atoms with van der Waals surface area (Å²) in [4.78, 5) is 20.1. The minimum atomic E-state index is -4.78. The van der Waals surface area contributed by atoms with E-state index in [1.54, 1.807) is 30.5 Å². The Balaban J connectivity index is 1.86. The molecule has 0 aliphatic heterocycles. The van der Waals surface area contributed by atoms with Crippen molar-refractivity contribution < 1.29 is 22.4 Å². The monoisotopic (exact) mass is 640 g/mol. The van der Waals surface area contributed by atoms with Crippen molar-refractivity contribution in [1.29, 1.82) is 0 Å². The molecule has 4 rings (SSSR count). The average molecular weight is 640 g/mol. The third kappa shape index (κ3) is 6.45. The Morgan fingerprint density at radius 1 is 1.05 bits per heavy atom. The molecule has 0 unspecified atom stereocenters. The van der Waals surface area contributed by atoms with Gasteiger partial charge in [-0.25, -0.2) is 9.18 Å². The van der Waals surface area contributed by atoms with Crippen LogP contribution in [0.4, 0.5) is 22.4 Å². The van der Waals surface area contributed by atoms with Gasteiger partial charge in [0, 0.05) is 28.3 Å². The molecular formula is C28H29F4IN4O. The summed E-state index contributed by atoms with van der Waals surface area (Å²) in [6.45, 7) is 0. The fourth-order valence-electron chi connectivity index (χ4n) is 5.18. The summed E-state index contributed by atoms with van der Waals surface area (Å²) in [5.74, 6) is -1.05.